The second kappa shape index (κ2) is 13.0. The van der Waals surface area contributed by atoms with Crippen molar-refractivity contribution in [1.82, 2.24) is 9.13 Å². The van der Waals surface area contributed by atoms with Crippen LogP contribution in [0.5, 0.6) is 0 Å². The standard InChI is InChI=1S/C55H37N3/c1-3-17-41(18-4-1)56-52-27-13-9-23-46(52)48-35-37(16-15-29-54(48)56)39-32-40(34-43(33-39)58-50-25-11-7-21-44(50)45-22-8-12-26-51(45)58)38-30-31-55-49(36-38)47-24-10-14-28-53(47)57(55)42-19-5-2-6-20-42/h1-36,54H. The predicted octanol–water partition coefficient (Wildman–Crippen LogP) is 14.1. The first-order valence-electron chi connectivity index (χ1n) is 20.1. The number of benzene rings is 8. The molecule has 10 aromatic rings. The lowest BCUT2D eigenvalue weighted by Gasteiger charge is -2.25. The number of allylic oxidation sites excluding steroid dienone is 4. The second-order valence-corrected chi connectivity index (χ2v) is 15.3. The van der Waals surface area contributed by atoms with Gasteiger partial charge >= 0.3 is 0 Å². The molecule has 3 heterocycles. The molecule has 1 unspecified atom stereocenters. The summed E-state index contributed by atoms with van der Waals surface area (Å²) in [5.41, 5.74) is 16.8. The molecule has 0 saturated carbocycles. The van der Waals surface area contributed by atoms with E-state index in [2.05, 4.69) is 232 Å². The van der Waals surface area contributed by atoms with E-state index in [9.17, 15) is 0 Å². The lowest BCUT2D eigenvalue weighted by molar-refractivity contribution is 1.00. The van der Waals surface area contributed by atoms with Crippen LogP contribution in [0.15, 0.2) is 218 Å². The van der Waals surface area contributed by atoms with Crippen molar-refractivity contribution in [3.63, 3.8) is 0 Å². The van der Waals surface area contributed by atoms with Crippen LogP contribution in [0.1, 0.15) is 11.1 Å². The van der Waals surface area contributed by atoms with E-state index >= 15 is 0 Å². The van der Waals surface area contributed by atoms with Gasteiger partial charge in [0.2, 0.25) is 0 Å². The van der Waals surface area contributed by atoms with Crippen molar-refractivity contribution in [2.75, 3.05) is 4.90 Å². The molecule has 3 heteroatoms. The minimum Gasteiger partial charge on any atom is -0.330 e. The Morgan fingerprint density at radius 1 is 0.379 bits per heavy atom. The third kappa shape index (κ3) is 5.00. The molecular weight excluding hydrogens is 703 g/mol. The molecule has 0 amide bonds. The maximum atomic E-state index is 2.47. The van der Waals surface area contributed by atoms with Gasteiger partial charge in [-0.2, -0.15) is 0 Å². The van der Waals surface area contributed by atoms with Gasteiger partial charge in [0.1, 0.15) is 0 Å². The number of fused-ring (bicyclic) bond motifs is 9. The Hall–Kier alpha value is -7.62. The van der Waals surface area contributed by atoms with Crippen LogP contribution in [0.4, 0.5) is 11.4 Å². The van der Waals surface area contributed by atoms with Crippen molar-refractivity contribution in [2.24, 2.45) is 0 Å². The zero-order valence-electron chi connectivity index (χ0n) is 31.7. The summed E-state index contributed by atoms with van der Waals surface area (Å²) in [5.74, 6) is 0. The molecular formula is C55H37N3. The summed E-state index contributed by atoms with van der Waals surface area (Å²) in [6.07, 6.45) is 9.32. The van der Waals surface area contributed by atoms with Crippen molar-refractivity contribution in [3.05, 3.63) is 230 Å². The highest BCUT2D eigenvalue weighted by atomic mass is 15.2. The molecule has 0 radical (unpaired) electrons. The van der Waals surface area contributed by atoms with Gasteiger partial charge in [0.25, 0.3) is 0 Å². The Morgan fingerprint density at radius 2 is 0.931 bits per heavy atom. The number of hydrogen-bond acceptors (Lipinski definition) is 1. The summed E-state index contributed by atoms with van der Waals surface area (Å²) in [5, 5.41) is 5.00. The predicted molar refractivity (Wildman–Crippen MR) is 244 cm³/mol. The Balaban J connectivity index is 1.09. The molecule has 0 fully saturated rings. The van der Waals surface area contributed by atoms with Gasteiger partial charge in [0, 0.05) is 49.9 Å². The van der Waals surface area contributed by atoms with E-state index in [1.54, 1.807) is 0 Å². The number of nitrogens with zero attached hydrogens (tertiary/aromatic N) is 3. The summed E-state index contributed by atoms with van der Waals surface area (Å²) in [7, 11) is 0. The highest BCUT2D eigenvalue weighted by Crippen LogP contribution is 2.47. The van der Waals surface area contributed by atoms with Crippen LogP contribution in [-0.2, 0) is 0 Å². The van der Waals surface area contributed by atoms with Crippen molar-refractivity contribution in [2.45, 2.75) is 6.04 Å². The van der Waals surface area contributed by atoms with Crippen molar-refractivity contribution in [1.29, 1.82) is 0 Å². The van der Waals surface area contributed by atoms with Crippen LogP contribution in [-0.4, -0.2) is 15.2 Å². The van der Waals surface area contributed by atoms with Gasteiger partial charge in [0.15, 0.2) is 0 Å². The molecule has 0 spiro atoms. The SMILES string of the molecule is C1=CC2C(=CC(c3cc(-c4ccc5c(c4)c4ccccc4n5-c4ccccc4)cc(-n4c5ccccc5c5ccccc54)c3)=C1)c1ccccc1N2c1ccccc1. The number of anilines is 2. The van der Waals surface area contributed by atoms with E-state index in [4.69, 9.17) is 0 Å². The monoisotopic (exact) mass is 739 g/mol. The van der Waals surface area contributed by atoms with Gasteiger partial charge in [-0.15, -0.1) is 0 Å². The normalized spacial score (nSPS) is 14.8. The maximum absolute atomic E-state index is 2.47. The third-order valence-electron chi connectivity index (χ3n) is 12.1. The molecule has 8 aromatic carbocycles. The molecule has 58 heavy (non-hydrogen) atoms. The molecule has 1 aliphatic carbocycles. The van der Waals surface area contributed by atoms with Gasteiger partial charge in [0.05, 0.1) is 28.1 Å². The fourth-order valence-electron chi connectivity index (χ4n) is 9.56. The van der Waals surface area contributed by atoms with Crippen molar-refractivity contribution >= 4 is 66.1 Å². The summed E-state index contributed by atoms with van der Waals surface area (Å²) < 4.78 is 4.83. The van der Waals surface area contributed by atoms with Gasteiger partial charge in [-0.05, 0) is 113 Å². The summed E-state index contributed by atoms with van der Waals surface area (Å²) in [6.45, 7) is 0. The first-order valence-corrected chi connectivity index (χ1v) is 20.1. The number of aromatic nitrogens is 2. The number of hydrogen-bond donors (Lipinski definition) is 0. The molecule has 0 N–H and O–H groups in total. The van der Waals surface area contributed by atoms with Crippen LogP contribution >= 0.6 is 0 Å². The van der Waals surface area contributed by atoms with Crippen LogP contribution in [0.2, 0.25) is 0 Å². The lowest BCUT2D eigenvalue weighted by Crippen LogP contribution is -2.24. The Kier molecular flexibility index (Phi) is 7.29. The first-order chi connectivity index (χ1) is 28.8. The minimum absolute atomic E-state index is 0.0814. The Morgan fingerprint density at radius 3 is 1.64 bits per heavy atom. The molecule has 0 bridgehead atoms. The average Bonchev–Trinajstić information content (AvgIpc) is 3.85. The topological polar surface area (TPSA) is 13.1 Å². The Bertz CT molecular complexity index is 3290. The lowest BCUT2D eigenvalue weighted by atomic mass is 9.94. The smallest absolute Gasteiger partial charge is 0.0785 e. The molecule has 0 saturated heterocycles. The second-order valence-electron chi connectivity index (χ2n) is 15.3. The zero-order valence-corrected chi connectivity index (χ0v) is 31.7. The maximum Gasteiger partial charge on any atom is 0.0785 e. The quantitative estimate of drug-likeness (QED) is 0.171. The van der Waals surface area contributed by atoms with Gasteiger partial charge in [-0.3, -0.25) is 0 Å². The van der Waals surface area contributed by atoms with Crippen LogP contribution in [0, 0.1) is 0 Å². The van der Waals surface area contributed by atoms with Gasteiger partial charge in [-0.25, -0.2) is 0 Å². The van der Waals surface area contributed by atoms with E-state index in [1.165, 1.54) is 88.4 Å². The molecule has 2 aliphatic rings. The van der Waals surface area contributed by atoms with Gasteiger partial charge < -0.3 is 14.0 Å². The highest BCUT2D eigenvalue weighted by molar-refractivity contribution is 6.11. The highest BCUT2D eigenvalue weighted by Gasteiger charge is 2.34. The Labute approximate surface area is 337 Å². The van der Waals surface area contributed by atoms with E-state index in [1.807, 2.05) is 0 Å². The molecule has 2 aromatic heterocycles. The third-order valence-corrected chi connectivity index (χ3v) is 12.1. The fraction of sp³-hybridized carbons (Fsp3) is 0.0182. The van der Waals surface area contributed by atoms with Crippen LogP contribution in [0.25, 0.3) is 77.3 Å². The van der Waals surface area contributed by atoms with E-state index in [-0.39, 0.29) is 6.04 Å². The summed E-state index contributed by atoms with van der Waals surface area (Å²) >= 11 is 0. The molecule has 12 rings (SSSR count). The fourth-order valence-corrected chi connectivity index (χ4v) is 9.56. The minimum atomic E-state index is 0.0814. The number of rotatable bonds is 5. The number of para-hydroxylation sites is 6. The van der Waals surface area contributed by atoms with E-state index < -0.39 is 0 Å². The first kappa shape index (κ1) is 32.6. The molecule has 1 atom stereocenters. The van der Waals surface area contributed by atoms with Crippen LogP contribution in [0.3, 0.4) is 0 Å². The molecule has 3 nitrogen and oxygen atoms in total. The van der Waals surface area contributed by atoms with Gasteiger partial charge in [-0.1, -0.05) is 133 Å². The van der Waals surface area contributed by atoms with Crippen molar-refractivity contribution in [3.8, 4) is 22.5 Å². The van der Waals surface area contributed by atoms with Crippen molar-refractivity contribution < 1.29 is 0 Å². The average molecular weight is 740 g/mol. The van der Waals surface area contributed by atoms with E-state index in [0.717, 1.165) is 11.4 Å². The molecule has 1 aliphatic heterocycles. The van der Waals surface area contributed by atoms with Crippen LogP contribution < -0.4 is 4.90 Å². The van der Waals surface area contributed by atoms with E-state index in [0.29, 0.717) is 0 Å². The molecule has 272 valence electrons. The largest absolute Gasteiger partial charge is 0.330 e. The summed E-state index contributed by atoms with van der Waals surface area (Å²) in [4.78, 5) is 2.47. The zero-order chi connectivity index (χ0) is 38.2. The summed E-state index contributed by atoms with van der Waals surface area (Å²) in [6, 6.07) is 70.9.